The van der Waals surface area contributed by atoms with Crippen LogP contribution in [0, 0.1) is 0 Å². The molecule has 3 aromatic rings. The van der Waals surface area contributed by atoms with Gasteiger partial charge in [-0.3, -0.25) is 9.69 Å². The Morgan fingerprint density at radius 3 is 2.31 bits per heavy atom. The number of halogens is 1. The zero-order chi connectivity index (χ0) is 20.2. The highest BCUT2D eigenvalue weighted by Crippen LogP contribution is 2.35. The van der Waals surface area contributed by atoms with Crippen molar-refractivity contribution >= 4 is 33.6 Å². The summed E-state index contributed by atoms with van der Waals surface area (Å²) in [5.41, 5.74) is 1.88. The number of methoxy groups -OCH3 is 1. The largest absolute Gasteiger partial charge is 0.497 e. The molecule has 0 spiro atoms. The Morgan fingerprint density at radius 1 is 0.931 bits per heavy atom. The maximum Gasteiger partial charge on any atom is 0.271 e. The Labute approximate surface area is 178 Å². The van der Waals surface area contributed by atoms with Gasteiger partial charge in [0.2, 0.25) is 6.10 Å². The molecule has 0 aromatic heterocycles. The van der Waals surface area contributed by atoms with Gasteiger partial charge in [0.25, 0.3) is 5.91 Å². The third-order valence-electron chi connectivity index (χ3n) is 4.82. The van der Waals surface area contributed by atoms with Crippen molar-refractivity contribution in [3.63, 3.8) is 0 Å². The lowest BCUT2D eigenvalue weighted by atomic mass is 9.95. The lowest BCUT2D eigenvalue weighted by Gasteiger charge is -2.45. The molecule has 4 rings (SSSR count). The topological polar surface area (TPSA) is 38.8 Å². The molecule has 1 aliphatic heterocycles. The van der Waals surface area contributed by atoms with Gasteiger partial charge in [-0.15, -0.1) is 0 Å². The first-order chi connectivity index (χ1) is 14.2. The van der Waals surface area contributed by atoms with Crippen molar-refractivity contribution in [3.8, 4) is 11.5 Å². The predicted octanol–water partition coefficient (Wildman–Crippen LogP) is 5.33. The predicted molar refractivity (Wildman–Crippen MR) is 118 cm³/mol. The number of ether oxygens (including phenoxy) is 2. The number of β-lactam (4-membered cyclic amide) rings is 1. The van der Waals surface area contributed by atoms with Crippen LogP contribution in [0.2, 0.25) is 0 Å². The Hall–Kier alpha value is -3.05. The van der Waals surface area contributed by atoms with Gasteiger partial charge < -0.3 is 9.47 Å². The summed E-state index contributed by atoms with van der Waals surface area (Å²) in [7, 11) is 1.62. The molecule has 2 atom stereocenters. The van der Waals surface area contributed by atoms with E-state index < -0.39 is 6.10 Å². The number of anilines is 1. The second-order valence-electron chi connectivity index (χ2n) is 6.64. The number of carbonyl (C=O) groups excluding carboxylic acids is 1. The standard InChI is InChI=1S/C24H20BrNO3/c1-28-19-14-12-18(13-15-19)26-21(16-11-17-7-3-2-4-8-17)23(24(26)27)29-22-10-6-5-9-20(22)25/h2-16,21,23H,1H3/b16-11+/t21-,23+/m1/s1. The molecule has 0 unspecified atom stereocenters. The molecule has 0 radical (unpaired) electrons. The molecule has 0 aliphatic carbocycles. The van der Waals surface area contributed by atoms with Crippen molar-refractivity contribution in [1.82, 2.24) is 0 Å². The Bertz CT molecular complexity index is 1020. The number of hydrogen-bond acceptors (Lipinski definition) is 3. The quantitative estimate of drug-likeness (QED) is 0.477. The van der Waals surface area contributed by atoms with E-state index in [0.717, 1.165) is 21.5 Å². The van der Waals surface area contributed by atoms with Gasteiger partial charge in [0.1, 0.15) is 17.5 Å². The molecule has 3 aromatic carbocycles. The maximum atomic E-state index is 13.0. The molecule has 0 saturated carbocycles. The minimum Gasteiger partial charge on any atom is -0.497 e. The number of hydrogen-bond donors (Lipinski definition) is 0. The Morgan fingerprint density at radius 2 is 1.62 bits per heavy atom. The van der Waals surface area contributed by atoms with Crippen LogP contribution in [0.4, 0.5) is 5.69 Å². The van der Waals surface area contributed by atoms with E-state index >= 15 is 0 Å². The molecule has 1 saturated heterocycles. The average Bonchev–Trinajstić information content (AvgIpc) is 2.77. The molecule has 146 valence electrons. The summed E-state index contributed by atoms with van der Waals surface area (Å²) in [6.45, 7) is 0. The summed E-state index contributed by atoms with van der Waals surface area (Å²) in [4.78, 5) is 14.7. The summed E-state index contributed by atoms with van der Waals surface area (Å²) in [5.74, 6) is 1.33. The van der Waals surface area contributed by atoms with Gasteiger partial charge in [0, 0.05) is 5.69 Å². The number of amides is 1. The summed E-state index contributed by atoms with van der Waals surface area (Å²) in [6.07, 6.45) is 3.45. The van der Waals surface area contributed by atoms with Crippen LogP contribution >= 0.6 is 15.9 Å². The van der Waals surface area contributed by atoms with Gasteiger partial charge in [-0.2, -0.15) is 0 Å². The minimum absolute atomic E-state index is 0.0753. The van der Waals surface area contributed by atoms with Crippen LogP contribution in [-0.4, -0.2) is 25.2 Å². The molecule has 1 fully saturated rings. The van der Waals surface area contributed by atoms with E-state index in [4.69, 9.17) is 9.47 Å². The van der Waals surface area contributed by atoms with Crippen molar-refractivity contribution in [3.05, 3.63) is 95.0 Å². The monoisotopic (exact) mass is 449 g/mol. The van der Waals surface area contributed by atoms with E-state index in [9.17, 15) is 4.79 Å². The second kappa shape index (κ2) is 8.53. The van der Waals surface area contributed by atoms with Crippen LogP contribution in [-0.2, 0) is 4.79 Å². The number of para-hydroxylation sites is 1. The van der Waals surface area contributed by atoms with Gasteiger partial charge in [0.05, 0.1) is 11.6 Å². The van der Waals surface area contributed by atoms with Gasteiger partial charge in [-0.05, 0) is 57.9 Å². The van der Waals surface area contributed by atoms with Gasteiger partial charge in [-0.1, -0.05) is 54.6 Å². The van der Waals surface area contributed by atoms with E-state index in [1.54, 1.807) is 12.0 Å². The normalized spacial score (nSPS) is 18.6. The second-order valence-corrected chi connectivity index (χ2v) is 7.49. The van der Waals surface area contributed by atoms with E-state index in [2.05, 4.69) is 15.9 Å². The van der Waals surface area contributed by atoms with Crippen molar-refractivity contribution < 1.29 is 14.3 Å². The van der Waals surface area contributed by atoms with Crippen LogP contribution in [0.3, 0.4) is 0 Å². The molecule has 0 N–H and O–H groups in total. The number of rotatable bonds is 6. The van der Waals surface area contributed by atoms with E-state index in [1.807, 2.05) is 91.0 Å². The fourth-order valence-corrected chi connectivity index (χ4v) is 3.66. The average molecular weight is 450 g/mol. The molecule has 4 nitrogen and oxygen atoms in total. The first-order valence-electron chi connectivity index (χ1n) is 9.29. The Kier molecular flexibility index (Phi) is 5.67. The lowest BCUT2D eigenvalue weighted by Crippen LogP contribution is -2.66. The summed E-state index contributed by atoms with van der Waals surface area (Å²) in [5, 5.41) is 0. The minimum atomic E-state index is -0.587. The van der Waals surface area contributed by atoms with Gasteiger partial charge >= 0.3 is 0 Å². The van der Waals surface area contributed by atoms with Crippen LogP contribution in [0.25, 0.3) is 6.08 Å². The Balaban J connectivity index is 1.62. The van der Waals surface area contributed by atoms with E-state index in [1.165, 1.54) is 0 Å². The molecule has 1 heterocycles. The van der Waals surface area contributed by atoms with Crippen LogP contribution in [0.1, 0.15) is 5.56 Å². The van der Waals surface area contributed by atoms with Crippen molar-refractivity contribution in [1.29, 1.82) is 0 Å². The zero-order valence-corrected chi connectivity index (χ0v) is 17.5. The third kappa shape index (κ3) is 4.05. The fraction of sp³-hybridized carbons (Fsp3) is 0.125. The SMILES string of the molecule is COc1ccc(N2C(=O)[C@@H](Oc3ccccc3Br)[C@H]2/C=C/c2ccccc2)cc1. The molecular weight excluding hydrogens is 430 g/mol. The highest BCUT2D eigenvalue weighted by molar-refractivity contribution is 9.10. The first-order valence-corrected chi connectivity index (χ1v) is 10.1. The number of benzene rings is 3. The first kappa shape index (κ1) is 19.3. The molecule has 29 heavy (non-hydrogen) atoms. The van der Waals surface area contributed by atoms with E-state index in [0.29, 0.717) is 5.75 Å². The maximum absolute atomic E-state index is 13.0. The van der Waals surface area contributed by atoms with E-state index in [-0.39, 0.29) is 11.9 Å². The zero-order valence-electron chi connectivity index (χ0n) is 15.9. The highest BCUT2D eigenvalue weighted by Gasteiger charge is 2.49. The molecule has 0 bridgehead atoms. The number of carbonyl (C=O) groups is 1. The summed E-state index contributed by atoms with van der Waals surface area (Å²) in [6, 6.07) is 24.8. The molecule has 1 amide bonds. The van der Waals surface area contributed by atoms with Gasteiger partial charge in [-0.25, -0.2) is 0 Å². The highest BCUT2D eigenvalue weighted by atomic mass is 79.9. The van der Waals surface area contributed by atoms with Crippen LogP contribution < -0.4 is 14.4 Å². The van der Waals surface area contributed by atoms with Crippen LogP contribution in [0.15, 0.2) is 89.4 Å². The fourth-order valence-electron chi connectivity index (χ4n) is 3.28. The van der Waals surface area contributed by atoms with Crippen molar-refractivity contribution in [2.24, 2.45) is 0 Å². The smallest absolute Gasteiger partial charge is 0.271 e. The summed E-state index contributed by atoms with van der Waals surface area (Å²) >= 11 is 3.49. The van der Waals surface area contributed by atoms with Crippen molar-refractivity contribution in [2.45, 2.75) is 12.1 Å². The molecule has 5 heteroatoms. The molecule has 1 aliphatic rings. The lowest BCUT2D eigenvalue weighted by molar-refractivity contribution is -0.133. The number of nitrogens with zero attached hydrogens (tertiary/aromatic N) is 1. The third-order valence-corrected chi connectivity index (χ3v) is 5.47. The summed E-state index contributed by atoms with van der Waals surface area (Å²) < 4.78 is 12.1. The van der Waals surface area contributed by atoms with Crippen molar-refractivity contribution in [2.75, 3.05) is 12.0 Å². The van der Waals surface area contributed by atoms with Gasteiger partial charge in [0.15, 0.2) is 0 Å². The van der Waals surface area contributed by atoms with Crippen LogP contribution in [0.5, 0.6) is 11.5 Å². The molecular formula is C24H20BrNO3.